The van der Waals surface area contributed by atoms with E-state index in [1.165, 1.54) is 13.2 Å². The van der Waals surface area contributed by atoms with Crippen molar-refractivity contribution in [1.82, 2.24) is 20.4 Å². The number of hydrogen-bond acceptors (Lipinski definition) is 5. The topological polar surface area (TPSA) is 111 Å². The average molecular weight is 520 g/mol. The summed E-state index contributed by atoms with van der Waals surface area (Å²) in [7, 11) is 1.47. The number of amides is 2. The maximum absolute atomic E-state index is 14.5. The third kappa shape index (κ3) is 6.10. The largest absolute Gasteiger partial charge is 0.496 e. The number of fused-ring (bicyclic) bond motifs is 1. The number of carbonyl (C=O) groups is 2. The second kappa shape index (κ2) is 12.0. The van der Waals surface area contributed by atoms with Gasteiger partial charge in [-0.1, -0.05) is 19.4 Å². The molecule has 2 aromatic carbocycles. The molecule has 3 N–H and O–H groups in total. The minimum atomic E-state index is -0.432. The van der Waals surface area contributed by atoms with E-state index in [2.05, 4.69) is 22.4 Å². The van der Waals surface area contributed by atoms with Crippen molar-refractivity contribution in [3.8, 4) is 5.75 Å². The molecule has 1 saturated heterocycles. The van der Waals surface area contributed by atoms with Crippen LogP contribution < -0.4 is 10.1 Å². The smallest absolute Gasteiger partial charge is 0.251 e. The van der Waals surface area contributed by atoms with Gasteiger partial charge in [-0.15, -0.1) is 0 Å². The van der Waals surface area contributed by atoms with Gasteiger partial charge in [0.15, 0.2) is 0 Å². The highest BCUT2D eigenvalue weighted by Gasteiger charge is 2.28. The van der Waals surface area contributed by atoms with E-state index in [-0.39, 0.29) is 37.4 Å². The van der Waals surface area contributed by atoms with Crippen molar-refractivity contribution in [1.29, 1.82) is 5.41 Å². The first-order chi connectivity index (χ1) is 18.3. The third-order valence-corrected chi connectivity index (χ3v) is 6.80. The molecular weight excluding hydrogens is 485 g/mol. The lowest BCUT2D eigenvalue weighted by Gasteiger charge is -2.33. The van der Waals surface area contributed by atoms with Crippen LogP contribution >= 0.6 is 0 Å². The molecule has 4 rings (SSSR count). The van der Waals surface area contributed by atoms with Crippen LogP contribution in [0.2, 0.25) is 0 Å². The van der Waals surface area contributed by atoms with Gasteiger partial charge in [0.25, 0.3) is 5.91 Å². The van der Waals surface area contributed by atoms with E-state index in [9.17, 15) is 14.0 Å². The molecule has 8 nitrogen and oxygen atoms in total. The molecule has 3 aromatic rings. The summed E-state index contributed by atoms with van der Waals surface area (Å²) in [5.41, 5.74) is 3.79. The predicted molar refractivity (Wildman–Crippen MR) is 146 cm³/mol. The maximum atomic E-state index is 14.5. The Bertz CT molecular complexity index is 1380. The van der Waals surface area contributed by atoms with E-state index < -0.39 is 5.82 Å². The van der Waals surface area contributed by atoms with Gasteiger partial charge >= 0.3 is 0 Å². The van der Waals surface area contributed by atoms with Crippen LogP contribution in [0.25, 0.3) is 16.5 Å². The molecule has 2 amide bonds. The van der Waals surface area contributed by atoms with Crippen LogP contribution in [0.4, 0.5) is 4.39 Å². The van der Waals surface area contributed by atoms with Crippen LogP contribution in [0, 0.1) is 11.2 Å². The second-order valence-corrected chi connectivity index (χ2v) is 9.69. The van der Waals surface area contributed by atoms with Crippen LogP contribution in [0.15, 0.2) is 42.5 Å². The van der Waals surface area contributed by atoms with E-state index in [1.54, 1.807) is 30.0 Å². The predicted octanol–water partition coefficient (Wildman–Crippen LogP) is 5.24. The average Bonchev–Trinajstić information content (AvgIpc) is 3.32. The van der Waals surface area contributed by atoms with Crippen molar-refractivity contribution < 1.29 is 18.7 Å². The van der Waals surface area contributed by atoms with E-state index in [4.69, 9.17) is 10.1 Å². The number of nitrogens with zero attached hydrogens (tertiary/aromatic N) is 2. The summed E-state index contributed by atoms with van der Waals surface area (Å²) in [4.78, 5) is 27.4. The number of H-pyrrole nitrogens is 1. The van der Waals surface area contributed by atoms with Gasteiger partial charge in [-0.05, 0) is 68.2 Å². The minimum Gasteiger partial charge on any atom is -0.496 e. The summed E-state index contributed by atoms with van der Waals surface area (Å²) >= 11 is 0. The Morgan fingerprint density at radius 3 is 2.89 bits per heavy atom. The van der Waals surface area contributed by atoms with E-state index in [0.29, 0.717) is 29.0 Å². The number of piperidine rings is 1. The van der Waals surface area contributed by atoms with Gasteiger partial charge in [0, 0.05) is 41.2 Å². The fourth-order valence-electron chi connectivity index (χ4n) is 4.82. The standard InChI is InChI=1S/C29H34FN5O3/c1-4-5-7-19(14-18(2)31)28-22-15-20(10-12-25(22)33-34-28)29(37)32-21-11-13-27(36)35(16-21)17-23-24(30)8-6-9-26(23)38-3/h6,8-10,12,14-15,21,31H,4-5,7,11,13,16-17H2,1-3H3,(H,32,37)(H,33,34)/b19-14+,31-18?. The molecule has 0 spiro atoms. The number of likely N-dealkylation sites (tertiary alicyclic amines) is 1. The molecule has 38 heavy (non-hydrogen) atoms. The number of allylic oxidation sites excluding steroid dienone is 2. The Balaban J connectivity index is 1.51. The van der Waals surface area contributed by atoms with Crippen molar-refractivity contribution >= 4 is 34.0 Å². The molecule has 9 heteroatoms. The number of aromatic nitrogens is 2. The van der Waals surface area contributed by atoms with Crippen molar-refractivity contribution in [2.45, 2.75) is 58.5 Å². The van der Waals surface area contributed by atoms with Crippen molar-refractivity contribution in [2.75, 3.05) is 13.7 Å². The maximum Gasteiger partial charge on any atom is 0.251 e. The molecule has 1 atom stereocenters. The Morgan fingerprint density at radius 2 is 2.16 bits per heavy atom. The molecule has 1 aromatic heterocycles. The monoisotopic (exact) mass is 519 g/mol. The first-order valence-corrected chi connectivity index (χ1v) is 12.9. The lowest BCUT2D eigenvalue weighted by atomic mass is 9.99. The molecule has 1 aliphatic heterocycles. The fraction of sp³-hybridized carbons (Fsp3) is 0.379. The Hall–Kier alpha value is -4.01. The van der Waals surface area contributed by atoms with Crippen LogP contribution in [0.1, 0.15) is 67.6 Å². The zero-order chi connectivity index (χ0) is 27.2. The van der Waals surface area contributed by atoms with Gasteiger partial charge in [0.05, 0.1) is 24.9 Å². The number of hydrogen-bond donors (Lipinski definition) is 3. The number of methoxy groups -OCH3 is 1. The van der Waals surface area contributed by atoms with Gasteiger partial charge in [0.2, 0.25) is 5.91 Å². The Morgan fingerprint density at radius 1 is 1.34 bits per heavy atom. The number of halogens is 1. The van der Waals surface area contributed by atoms with Crippen LogP contribution in [0.3, 0.4) is 0 Å². The molecule has 1 unspecified atom stereocenters. The molecule has 0 radical (unpaired) electrons. The summed E-state index contributed by atoms with van der Waals surface area (Å²) in [6.07, 6.45) is 5.40. The molecule has 1 aliphatic rings. The summed E-state index contributed by atoms with van der Waals surface area (Å²) in [5, 5.41) is 19.3. The summed E-state index contributed by atoms with van der Waals surface area (Å²) in [6, 6.07) is 9.70. The lowest BCUT2D eigenvalue weighted by Crippen LogP contribution is -2.49. The number of nitrogens with one attached hydrogen (secondary N) is 3. The quantitative estimate of drug-likeness (QED) is 0.318. The number of rotatable bonds is 10. The molecular formula is C29H34FN5O3. The van der Waals surface area contributed by atoms with Gasteiger partial charge in [-0.3, -0.25) is 14.7 Å². The number of ether oxygens (including phenoxy) is 1. The van der Waals surface area contributed by atoms with Crippen LogP contribution in [-0.4, -0.2) is 52.3 Å². The molecule has 1 fully saturated rings. The highest BCUT2D eigenvalue weighted by Crippen LogP contribution is 2.28. The van der Waals surface area contributed by atoms with E-state index >= 15 is 0 Å². The molecule has 0 saturated carbocycles. The van der Waals surface area contributed by atoms with Gasteiger partial charge in [-0.2, -0.15) is 5.10 Å². The fourth-order valence-corrected chi connectivity index (χ4v) is 4.82. The lowest BCUT2D eigenvalue weighted by molar-refractivity contribution is -0.134. The summed E-state index contributed by atoms with van der Waals surface area (Å²) < 4.78 is 19.7. The van der Waals surface area contributed by atoms with Crippen molar-refractivity contribution in [2.24, 2.45) is 0 Å². The number of aromatic amines is 1. The van der Waals surface area contributed by atoms with E-state index in [1.807, 2.05) is 18.2 Å². The first-order valence-electron chi connectivity index (χ1n) is 12.9. The second-order valence-electron chi connectivity index (χ2n) is 9.69. The van der Waals surface area contributed by atoms with Crippen LogP contribution in [0.5, 0.6) is 5.75 Å². The van der Waals surface area contributed by atoms with Gasteiger partial charge < -0.3 is 20.4 Å². The zero-order valence-electron chi connectivity index (χ0n) is 22.1. The number of carbonyl (C=O) groups excluding carboxylic acids is 2. The molecule has 2 heterocycles. The van der Waals surface area contributed by atoms with Gasteiger partial charge in [0.1, 0.15) is 11.6 Å². The molecule has 200 valence electrons. The number of unbranched alkanes of at least 4 members (excludes halogenated alkanes) is 1. The number of benzene rings is 2. The summed E-state index contributed by atoms with van der Waals surface area (Å²) in [5.74, 6) is -0.376. The van der Waals surface area contributed by atoms with Crippen LogP contribution in [-0.2, 0) is 11.3 Å². The van der Waals surface area contributed by atoms with Crippen molar-refractivity contribution in [3.05, 3.63) is 65.1 Å². The van der Waals surface area contributed by atoms with Gasteiger partial charge in [-0.25, -0.2) is 4.39 Å². The summed E-state index contributed by atoms with van der Waals surface area (Å²) in [6.45, 7) is 4.21. The highest BCUT2D eigenvalue weighted by molar-refractivity contribution is 6.03. The molecule has 0 bridgehead atoms. The molecule has 0 aliphatic carbocycles. The SMILES string of the molecule is CCCC/C(=C\C(C)=N)c1n[nH]c2ccc(C(=O)NC3CCC(=O)N(Cc4c(F)cccc4OC)C3)cc12. The third-order valence-electron chi connectivity index (χ3n) is 6.80. The Labute approximate surface area is 221 Å². The zero-order valence-corrected chi connectivity index (χ0v) is 22.1. The minimum absolute atomic E-state index is 0.0741. The van der Waals surface area contributed by atoms with E-state index in [0.717, 1.165) is 41.4 Å². The highest BCUT2D eigenvalue weighted by atomic mass is 19.1. The first kappa shape index (κ1) is 27.0. The van der Waals surface area contributed by atoms with Crippen molar-refractivity contribution in [3.63, 3.8) is 0 Å². The Kier molecular flexibility index (Phi) is 8.55. The normalized spacial score (nSPS) is 16.1.